The highest BCUT2D eigenvalue weighted by molar-refractivity contribution is 7.89. The first-order valence-corrected chi connectivity index (χ1v) is 11.8. The number of halogens is 3. The fourth-order valence-electron chi connectivity index (χ4n) is 3.91. The number of aliphatic hydroxyl groups is 1. The van der Waals surface area contributed by atoms with Crippen LogP contribution in [0.1, 0.15) is 30.7 Å². The zero-order valence-corrected chi connectivity index (χ0v) is 18.0. The molecule has 6 nitrogen and oxygen atoms in total. The van der Waals surface area contributed by atoms with E-state index in [1.807, 2.05) is 0 Å². The maximum atomic E-state index is 13.2. The maximum absolute atomic E-state index is 13.2. The summed E-state index contributed by atoms with van der Waals surface area (Å²) in [6, 6.07) is 8.46. The van der Waals surface area contributed by atoms with Gasteiger partial charge in [0.15, 0.2) is 11.5 Å². The lowest BCUT2D eigenvalue weighted by Crippen LogP contribution is -2.37. The van der Waals surface area contributed by atoms with Crippen molar-refractivity contribution in [3.63, 3.8) is 0 Å². The van der Waals surface area contributed by atoms with E-state index < -0.39 is 28.5 Å². The van der Waals surface area contributed by atoms with Crippen molar-refractivity contribution in [2.45, 2.75) is 42.7 Å². The molecule has 4 rings (SSSR count). The molecule has 1 unspecified atom stereocenters. The van der Waals surface area contributed by atoms with Gasteiger partial charge in [-0.15, -0.1) is 0 Å². The van der Waals surface area contributed by atoms with Crippen LogP contribution in [-0.2, 0) is 10.0 Å². The largest absolute Gasteiger partial charge is 0.489 e. The third-order valence-corrected chi connectivity index (χ3v) is 7.75. The smallest absolute Gasteiger partial charge is 0.387 e. The van der Waals surface area contributed by atoms with Gasteiger partial charge in [0, 0.05) is 12.6 Å². The van der Waals surface area contributed by atoms with Gasteiger partial charge in [0.25, 0.3) is 0 Å². The first-order chi connectivity index (χ1) is 15.3. The van der Waals surface area contributed by atoms with Crippen LogP contribution >= 0.6 is 0 Å². The normalized spacial score (nSPS) is 21.8. The average Bonchev–Trinajstić information content (AvgIpc) is 3.48. The molecule has 1 saturated carbocycles. The number of alkyl halides is 2. The van der Waals surface area contributed by atoms with Gasteiger partial charge in [0.2, 0.25) is 10.0 Å². The molecule has 1 aliphatic heterocycles. The van der Waals surface area contributed by atoms with Crippen LogP contribution in [0.15, 0.2) is 47.4 Å². The van der Waals surface area contributed by atoms with E-state index in [1.165, 1.54) is 22.5 Å². The Morgan fingerprint density at radius 2 is 1.81 bits per heavy atom. The third kappa shape index (κ3) is 5.02. The van der Waals surface area contributed by atoms with E-state index >= 15 is 0 Å². The van der Waals surface area contributed by atoms with Crippen molar-refractivity contribution in [2.24, 2.45) is 5.92 Å². The van der Waals surface area contributed by atoms with Crippen molar-refractivity contribution in [1.29, 1.82) is 0 Å². The van der Waals surface area contributed by atoms with E-state index in [4.69, 9.17) is 4.74 Å². The second kappa shape index (κ2) is 9.29. The summed E-state index contributed by atoms with van der Waals surface area (Å²) < 4.78 is 76.4. The van der Waals surface area contributed by atoms with E-state index in [2.05, 4.69) is 4.74 Å². The monoisotopic (exact) mass is 471 g/mol. The third-order valence-electron chi connectivity index (χ3n) is 5.82. The lowest BCUT2D eigenvalue weighted by Gasteiger charge is -2.22. The second-order valence-corrected chi connectivity index (χ2v) is 10.0. The molecule has 1 aliphatic carbocycles. The summed E-state index contributed by atoms with van der Waals surface area (Å²) in [4.78, 5) is -0.0628. The Hall–Kier alpha value is -2.30. The van der Waals surface area contributed by atoms with Crippen LogP contribution in [0.25, 0.3) is 0 Å². The Morgan fingerprint density at radius 3 is 2.44 bits per heavy atom. The van der Waals surface area contributed by atoms with Gasteiger partial charge in [0.1, 0.15) is 5.82 Å². The molecule has 2 atom stereocenters. The fourth-order valence-corrected chi connectivity index (χ4v) is 5.58. The molecule has 174 valence electrons. The summed E-state index contributed by atoms with van der Waals surface area (Å²) in [6.07, 6.45) is 2.40. The molecule has 0 aromatic heterocycles. The Kier molecular flexibility index (Phi) is 6.64. The minimum atomic E-state index is -3.95. The Balaban J connectivity index is 1.58. The van der Waals surface area contributed by atoms with Gasteiger partial charge in [-0.2, -0.15) is 13.1 Å². The number of benzene rings is 2. The van der Waals surface area contributed by atoms with Gasteiger partial charge in [0.05, 0.1) is 18.1 Å². The number of hydrogen-bond acceptors (Lipinski definition) is 5. The Bertz CT molecular complexity index is 1040. The zero-order chi connectivity index (χ0) is 22.9. The summed E-state index contributed by atoms with van der Waals surface area (Å²) in [6.45, 7) is -2.89. The molecule has 2 aliphatic rings. The van der Waals surface area contributed by atoms with Crippen LogP contribution in [0, 0.1) is 11.7 Å². The van der Waals surface area contributed by atoms with E-state index in [1.54, 1.807) is 12.1 Å². The van der Waals surface area contributed by atoms with Gasteiger partial charge in [-0.05, 0) is 73.1 Å². The molecule has 0 bridgehead atoms. The van der Waals surface area contributed by atoms with Crippen molar-refractivity contribution in [1.82, 2.24) is 4.31 Å². The van der Waals surface area contributed by atoms with Crippen LogP contribution in [0.4, 0.5) is 13.2 Å². The molecule has 2 fully saturated rings. The molecular formula is C22H24F3NO5S. The highest BCUT2D eigenvalue weighted by Gasteiger charge is 2.40. The first kappa shape index (κ1) is 22.9. The zero-order valence-electron chi connectivity index (χ0n) is 17.2. The topological polar surface area (TPSA) is 76.1 Å². The highest BCUT2D eigenvalue weighted by Crippen LogP contribution is 2.40. The standard InChI is InChI=1S/C22H24F3NO5S/c23-17-4-6-19(7-5-17)32(28,29)26-11-16(9-18(26)12-27)15-3-8-20(31-22(24)25)21(10-15)30-13-14-1-2-14/h3-8,10,14,16,18,22,27H,1-2,9,11-13H2/t16?,18-/m0/s1. The van der Waals surface area contributed by atoms with Gasteiger partial charge >= 0.3 is 6.61 Å². The number of aliphatic hydroxyl groups excluding tert-OH is 1. The molecule has 2 aromatic carbocycles. The molecule has 0 spiro atoms. The van der Waals surface area contributed by atoms with E-state index in [0.29, 0.717) is 24.5 Å². The first-order valence-electron chi connectivity index (χ1n) is 10.4. The van der Waals surface area contributed by atoms with Crippen molar-refractivity contribution in [2.75, 3.05) is 19.8 Å². The maximum Gasteiger partial charge on any atom is 0.387 e. The molecule has 0 radical (unpaired) electrons. The molecule has 32 heavy (non-hydrogen) atoms. The minimum Gasteiger partial charge on any atom is -0.489 e. The average molecular weight is 471 g/mol. The van der Waals surface area contributed by atoms with Crippen molar-refractivity contribution >= 4 is 10.0 Å². The van der Waals surface area contributed by atoms with E-state index in [0.717, 1.165) is 25.0 Å². The SMILES string of the molecule is O=S(=O)(c1ccc(F)cc1)N1CC(c2ccc(OC(F)F)c(OCC3CC3)c2)C[C@H]1CO. The number of ether oxygens (including phenoxy) is 2. The lowest BCUT2D eigenvalue weighted by atomic mass is 9.96. The number of rotatable bonds is 9. The second-order valence-electron chi connectivity index (χ2n) is 8.14. The predicted octanol–water partition coefficient (Wildman–Crippen LogP) is 3.76. The highest BCUT2D eigenvalue weighted by atomic mass is 32.2. The number of hydrogen-bond donors (Lipinski definition) is 1. The fraction of sp³-hybridized carbons (Fsp3) is 0.455. The van der Waals surface area contributed by atoms with Crippen LogP contribution in [-0.4, -0.2) is 50.2 Å². The summed E-state index contributed by atoms with van der Waals surface area (Å²) >= 11 is 0. The Morgan fingerprint density at radius 1 is 1.09 bits per heavy atom. The molecule has 10 heteroatoms. The van der Waals surface area contributed by atoms with Crippen LogP contribution in [0.2, 0.25) is 0 Å². The van der Waals surface area contributed by atoms with Gasteiger partial charge in [-0.3, -0.25) is 0 Å². The van der Waals surface area contributed by atoms with Crippen molar-refractivity contribution in [3.8, 4) is 11.5 Å². The molecule has 1 heterocycles. The molecular weight excluding hydrogens is 447 g/mol. The quantitative estimate of drug-likeness (QED) is 0.603. The van der Waals surface area contributed by atoms with Gasteiger partial charge in [-0.25, -0.2) is 12.8 Å². The van der Waals surface area contributed by atoms with Crippen LogP contribution < -0.4 is 9.47 Å². The molecule has 0 amide bonds. The van der Waals surface area contributed by atoms with Gasteiger partial charge < -0.3 is 14.6 Å². The van der Waals surface area contributed by atoms with E-state index in [-0.39, 0.29) is 35.5 Å². The number of nitrogens with zero attached hydrogens (tertiary/aromatic N) is 1. The van der Waals surface area contributed by atoms with Crippen molar-refractivity contribution in [3.05, 3.63) is 53.8 Å². The summed E-state index contributed by atoms with van der Waals surface area (Å²) in [5.74, 6) is -0.315. The van der Waals surface area contributed by atoms with Crippen LogP contribution in [0.5, 0.6) is 11.5 Å². The van der Waals surface area contributed by atoms with Crippen LogP contribution in [0.3, 0.4) is 0 Å². The minimum absolute atomic E-state index is 0.0628. The van der Waals surface area contributed by atoms with Gasteiger partial charge in [-0.1, -0.05) is 6.07 Å². The molecule has 1 N–H and O–H groups in total. The van der Waals surface area contributed by atoms with Crippen molar-refractivity contribution < 1.29 is 36.2 Å². The lowest BCUT2D eigenvalue weighted by molar-refractivity contribution is -0.0515. The summed E-state index contributed by atoms with van der Waals surface area (Å²) in [5, 5.41) is 9.81. The predicted molar refractivity (Wildman–Crippen MR) is 110 cm³/mol. The summed E-state index contributed by atoms with van der Waals surface area (Å²) in [5.41, 5.74) is 0.702. The number of sulfonamides is 1. The van der Waals surface area contributed by atoms with E-state index in [9.17, 15) is 26.7 Å². The molecule has 2 aromatic rings. The summed E-state index contributed by atoms with van der Waals surface area (Å²) in [7, 11) is -3.95. The Labute approximate surface area is 184 Å². The molecule has 1 saturated heterocycles.